The number of methoxy groups -OCH3 is 2. The molecule has 0 amide bonds. The first kappa shape index (κ1) is 16.8. The van der Waals surface area contributed by atoms with Crippen LogP contribution in [0.15, 0.2) is 34.5 Å². The molecule has 0 atom stereocenters. The van der Waals surface area contributed by atoms with E-state index in [0.29, 0.717) is 15.7 Å². The van der Waals surface area contributed by atoms with E-state index in [4.69, 9.17) is 9.47 Å². The monoisotopic (exact) mass is 341 g/mol. The van der Waals surface area contributed by atoms with E-state index in [2.05, 4.69) is 0 Å². The Morgan fingerprint density at radius 3 is 2.41 bits per heavy atom. The number of hydrogen-bond acceptors (Lipinski definition) is 5. The molecule has 0 radical (unpaired) electrons. The largest absolute Gasteiger partial charge is 0.497 e. The van der Waals surface area contributed by atoms with Gasteiger partial charge >= 0.3 is 0 Å². The normalized spacial score (nSPS) is 11.7. The van der Waals surface area contributed by atoms with Crippen molar-refractivity contribution in [3.05, 3.63) is 40.8 Å². The van der Waals surface area contributed by atoms with E-state index in [1.165, 1.54) is 15.6 Å². The van der Waals surface area contributed by atoms with E-state index in [9.17, 15) is 8.42 Å². The van der Waals surface area contributed by atoms with Gasteiger partial charge in [0.2, 0.25) is 0 Å². The number of sulfonamides is 1. The Balaban J connectivity index is 2.27. The molecule has 1 heterocycles. The summed E-state index contributed by atoms with van der Waals surface area (Å²) in [6, 6.07) is 8.78. The third kappa shape index (κ3) is 3.43. The molecule has 0 spiro atoms. The lowest BCUT2D eigenvalue weighted by Gasteiger charge is -2.18. The number of nitrogens with zero attached hydrogens (tertiary/aromatic N) is 1. The van der Waals surface area contributed by atoms with Gasteiger partial charge in [-0.2, -0.15) is 4.31 Å². The average molecular weight is 341 g/mol. The molecule has 0 aliphatic carbocycles. The van der Waals surface area contributed by atoms with Crippen LogP contribution in [0, 0.1) is 6.92 Å². The summed E-state index contributed by atoms with van der Waals surface area (Å²) < 4.78 is 37.2. The highest BCUT2D eigenvalue weighted by Gasteiger charge is 2.23. The molecule has 0 unspecified atom stereocenters. The number of aryl methyl sites for hydroxylation is 1. The van der Waals surface area contributed by atoms with Crippen molar-refractivity contribution in [1.29, 1.82) is 0 Å². The summed E-state index contributed by atoms with van der Waals surface area (Å²) in [5.74, 6) is 1.27. The Kier molecular flexibility index (Phi) is 5.10. The van der Waals surface area contributed by atoms with Gasteiger partial charge in [-0.05, 0) is 25.1 Å². The van der Waals surface area contributed by atoms with Gasteiger partial charge in [-0.25, -0.2) is 8.42 Å². The molecule has 0 N–H and O–H groups in total. The van der Waals surface area contributed by atoms with Crippen LogP contribution in [0.25, 0.3) is 0 Å². The van der Waals surface area contributed by atoms with Crippen LogP contribution in [0.3, 0.4) is 0 Å². The zero-order chi connectivity index (χ0) is 16.3. The summed E-state index contributed by atoms with van der Waals surface area (Å²) >= 11 is 1.27. The van der Waals surface area contributed by atoms with E-state index in [0.717, 1.165) is 10.4 Å². The van der Waals surface area contributed by atoms with E-state index in [1.807, 2.05) is 13.0 Å². The van der Waals surface area contributed by atoms with Gasteiger partial charge in [-0.1, -0.05) is 6.07 Å². The molecule has 0 aliphatic rings. The number of benzene rings is 1. The van der Waals surface area contributed by atoms with Crippen molar-refractivity contribution in [2.45, 2.75) is 17.7 Å². The number of ether oxygens (including phenoxy) is 2. The van der Waals surface area contributed by atoms with Gasteiger partial charge in [0.05, 0.1) is 14.2 Å². The quantitative estimate of drug-likeness (QED) is 0.811. The minimum Gasteiger partial charge on any atom is -0.497 e. The van der Waals surface area contributed by atoms with Gasteiger partial charge < -0.3 is 9.47 Å². The minimum atomic E-state index is -3.49. The topological polar surface area (TPSA) is 55.8 Å². The predicted molar refractivity (Wildman–Crippen MR) is 87.3 cm³/mol. The summed E-state index contributed by atoms with van der Waals surface area (Å²) in [5.41, 5.74) is 0.780. The number of hydrogen-bond donors (Lipinski definition) is 0. The zero-order valence-corrected chi connectivity index (χ0v) is 14.6. The molecule has 0 bridgehead atoms. The fourth-order valence-corrected chi connectivity index (χ4v) is 4.65. The Morgan fingerprint density at radius 1 is 1.14 bits per heavy atom. The predicted octanol–water partition coefficient (Wildman–Crippen LogP) is 2.89. The van der Waals surface area contributed by atoms with Crippen LogP contribution < -0.4 is 9.47 Å². The van der Waals surface area contributed by atoms with Gasteiger partial charge in [0, 0.05) is 30.1 Å². The van der Waals surface area contributed by atoms with Crippen molar-refractivity contribution in [3.63, 3.8) is 0 Å². The molecule has 22 heavy (non-hydrogen) atoms. The molecule has 2 rings (SSSR count). The molecular weight excluding hydrogens is 322 g/mol. The fourth-order valence-electron chi connectivity index (χ4n) is 2.01. The molecule has 0 fully saturated rings. The molecule has 2 aromatic rings. The lowest BCUT2D eigenvalue weighted by atomic mass is 10.2. The number of rotatable bonds is 6. The molecule has 5 nitrogen and oxygen atoms in total. The molecule has 120 valence electrons. The average Bonchev–Trinajstić information content (AvgIpc) is 2.94. The second-order valence-electron chi connectivity index (χ2n) is 4.80. The zero-order valence-electron chi connectivity index (χ0n) is 13.0. The van der Waals surface area contributed by atoms with E-state index in [-0.39, 0.29) is 6.54 Å². The van der Waals surface area contributed by atoms with Crippen LogP contribution in [0.2, 0.25) is 0 Å². The van der Waals surface area contributed by atoms with E-state index < -0.39 is 10.0 Å². The van der Waals surface area contributed by atoms with Crippen LogP contribution in [-0.4, -0.2) is 34.0 Å². The number of thiophene rings is 1. The van der Waals surface area contributed by atoms with Crippen LogP contribution in [-0.2, 0) is 16.6 Å². The smallest absolute Gasteiger partial charge is 0.252 e. The van der Waals surface area contributed by atoms with Crippen molar-refractivity contribution in [2.24, 2.45) is 0 Å². The third-order valence-electron chi connectivity index (χ3n) is 3.27. The highest BCUT2D eigenvalue weighted by Crippen LogP contribution is 2.28. The standard InChI is InChI=1S/C15H19NO4S2/c1-11-5-8-15(21-11)22(17,18)16(2)10-12-6-7-13(19-3)9-14(12)20-4/h5-9H,10H2,1-4H3. The van der Waals surface area contributed by atoms with Gasteiger partial charge in [0.25, 0.3) is 10.0 Å². The maximum Gasteiger partial charge on any atom is 0.252 e. The summed E-state index contributed by atoms with van der Waals surface area (Å²) in [5, 5.41) is 0. The highest BCUT2D eigenvalue weighted by atomic mass is 32.2. The lowest BCUT2D eigenvalue weighted by molar-refractivity contribution is 0.384. The fraction of sp³-hybridized carbons (Fsp3) is 0.333. The van der Waals surface area contributed by atoms with Crippen LogP contribution in [0.4, 0.5) is 0 Å². The van der Waals surface area contributed by atoms with Crippen molar-refractivity contribution in [2.75, 3.05) is 21.3 Å². The van der Waals surface area contributed by atoms with Crippen LogP contribution in [0.5, 0.6) is 11.5 Å². The summed E-state index contributed by atoms with van der Waals surface area (Å²) in [6.45, 7) is 2.11. The molecule has 0 aliphatic heterocycles. The second-order valence-corrected chi connectivity index (χ2v) is 8.36. The summed E-state index contributed by atoms with van der Waals surface area (Å²) in [7, 11) is 1.20. The maximum atomic E-state index is 12.5. The van der Waals surface area contributed by atoms with E-state index in [1.54, 1.807) is 45.5 Å². The molecule has 1 aromatic heterocycles. The van der Waals surface area contributed by atoms with Gasteiger partial charge in [0.15, 0.2) is 0 Å². The first-order valence-corrected chi connectivity index (χ1v) is 8.88. The lowest BCUT2D eigenvalue weighted by Crippen LogP contribution is -2.26. The Bertz CT molecular complexity index is 753. The van der Waals surface area contributed by atoms with Gasteiger partial charge in [0.1, 0.15) is 15.7 Å². The highest BCUT2D eigenvalue weighted by molar-refractivity contribution is 7.91. The molecule has 7 heteroatoms. The first-order valence-electron chi connectivity index (χ1n) is 6.62. The summed E-state index contributed by atoms with van der Waals surface area (Å²) in [6.07, 6.45) is 0. The van der Waals surface area contributed by atoms with Gasteiger partial charge in [-0.3, -0.25) is 0 Å². The second kappa shape index (κ2) is 6.68. The molecular formula is C15H19NO4S2. The van der Waals surface area contributed by atoms with Crippen molar-refractivity contribution < 1.29 is 17.9 Å². The maximum absolute atomic E-state index is 12.5. The minimum absolute atomic E-state index is 0.229. The van der Waals surface area contributed by atoms with Crippen molar-refractivity contribution >= 4 is 21.4 Å². The third-order valence-corrected chi connectivity index (χ3v) is 6.54. The van der Waals surface area contributed by atoms with Crippen molar-refractivity contribution in [3.8, 4) is 11.5 Å². The van der Waals surface area contributed by atoms with Crippen LogP contribution >= 0.6 is 11.3 Å². The van der Waals surface area contributed by atoms with E-state index >= 15 is 0 Å². The Morgan fingerprint density at radius 2 is 1.86 bits per heavy atom. The van der Waals surface area contributed by atoms with Crippen LogP contribution in [0.1, 0.15) is 10.4 Å². The molecule has 0 saturated carbocycles. The molecule has 0 saturated heterocycles. The van der Waals surface area contributed by atoms with Crippen molar-refractivity contribution in [1.82, 2.24) is 4.31 Å². The first-order chi connectivity index (χ1) is 10.4. The van der Waals surface area contributed by atoms with Gasteiger partial charge in [-0.15, -0.1) is 11.3 Å². The SMILES string of the molecule is COc1ccc(CN(C)S(=O)(=O)c2ccc(C)s2)c(OC)c1. The Labute approximate surface area is 135 Å². The molecule has 1 aromatic carbocycles. The Hall–Kier alpha value is -1.57. The summed E-state index contributed by atoms with van der Waals surface area (Å²) in [4.78, 5) is 0.967.